The van der Waals surface area contributed by atoms with Gasteiger partial charge in [-0.3, -0.25) is 28.9 Å². The second-order valence-corrected chi connectivity index (χ2v) is 15.7. The third-order valence-electron chi connectivity index (χ3n) is 10.6. The number of rotatable bonds is 15. The highest BCUT2D eigenvalue weighted by Gasteiger charge is 2.33. The molecule has 4 aromatic carbocycles. The Hall–Kier alpha value is -7.20. The molecule has 3 aromatic heterocycles. The zero-order valence-corrected chi connectivity index (χ0v) is 35.3. The summed E-state index contributed by atoms with van der Waals surface area (Å²) in [4.78, 5) is 60.2. The molecule has 7 aromatic rings. The smallest absolute Gasteiger partial charge is 0.338 e. The molecular weight excluding hydrogens is 805 g/mol. The Bertz CT molecular complexity index is 2870. The number of aryl methyl sites for hydroxylation is 1. The van der Waals surface area contributed by atoms with E-state index in [1.54, 1.807) is 51.4 Å². The van der Waals surface area contributed by atoms with Gasteiger partial charge in [0, 0.05) is 50.0 Å². The van der Waals surface area contributed by atoms with E-state index in [0.29, 0.717) is 29.9 Å². The van der Waals surface area contributed by atoms with Crippen LogP contribution in [-0.2, 0) is 40.8 Å². The molecule has 1 fully saturated rings. The van der Waals surface area contributed by atoms with E-state index in [2.05, 4.69) is 43.8 Å². The van der Waals surface area contributed by atoms with E-state index >= 15 is 0 Å². The highest BCUT2D eigenvalue weighted by atomic mass is 16.7. The number of methoxy groups -OCH3 is 1. The summed E-state index contributed by atoms with van der Waals surface area (Å²) >= 11 is 0. The fourth-order valence-corrected chi connectivity index (χ4v) is 7.41. The van der Waals surface area contributed by atoms with Crippen molar-refractivity contribution < 1.29 is 37.7 Å². The van der Waals surface area contributed by atoms with Gasteiger partial charge in [0.15, 0.2) is 17.0 Å². The number of aromatic nitrogens is 3. The number of hydrogen-bond acceptors (Lipinski definition) is 12. The Labute approximate surface area is 362 Å². The van der Waals surface area contributed by atoms with Gasteiger partial charge in [-0.15, -0.1) is 0 Å². The predicted molar refractivity (Wildman–Crippen MR) is 236 cm³/mol. The minimum absolute atomic E-state index is 0.00466. The van der Waals surface area contributed by atoms with Gasteiger partial charge >= 0.3 is 5.97 Å². The number of benzene rings is 4. The van der Waals surface area contributed by atoms with Crippen LogP contribution in [0.3, 0.4) is 0 Å². The standard InChI is InChI=1S/C48H46N6O9/c1-48(2)61-29-37(63-48)28-60-47(58)33-12-15-38(40(21-33)52-46(57)44-22-42(55)39-7-5-6-8-43(39)62-44)45(56)51-35-13-9-30(10-14-35)17-18-54(27-32-20-36(59-4)25-49-23-32)26-31-11-16-41-34(19-31)24-50-53(41)3/h5-16,19-25,37H,17-18,26-29H2,1-4H3,(H,51,56)(H,52,57). The third-order valence-corrected chi connectivity index (χ3v) is 10.6. The summed E-state index contributed by atoms with van der Waals surface area (Å²) in [5.41, 5.74) is 4.73. The van der Waals surface area contributed by atoms with Crippen molar-refractivity contribution >= 4 is 51.0 Å². The Morgan fingerprint density at radius 2 is 1.67 bits per heavy atom. The monoisotopic (exact) mass is 850 g/mol. The lowest BCUT2D eigenvalue weighted by Crippen LogP contribution is -2.25. The van der Waals surface area contributed by atoms with E-state index in [-0.39, 0.29) is 41.4 Å². The molecule has 1 unspecified atom stereocenters. The van der Waals surface area contributed by atoms with Crippen LogP contribution in [0.4, 0.5) is 11.4 Å². The minimum Gasteiger partial charge on any atom is -0.495 e. The van der Waals surface area contributed by atoms with E-state index < -0.39 is 35.1 Å². The fraction of sp³-hybridized carbons (Fsp3) is 0.250. The SMILES string of the molecule is COc1cncc(CN(CCc2ccc(NC(=O)c3ccc(C(=O)OCC4COC(C)(C)O4)cc3NC(=O)c3cc(=O)c4ccccc4o3)cc2)Cc2ccc3c(cnn3C)c2)c1. The number of nitrogens with zero attached hydrogens (tertiary/aromatic N) is 4. The quantitative estimate of drug-likeness (QED) is 0.0999. The first kappa shape index (κ1) is 42.5. The number of fused-ring (bicyclic) bond motifs is 2. The van der Waals surface area contributed by atoms with E-state index in [1.165, 1.54) is 18.2 Å². The number of pyridine rings is 1. The van der Waals surface area contributed by atoms with Crippen LogP contribution in [0.15, 0.2) is 125 Å². The lowest BCUT2D eigenvalue weighted by molar-refractivity contribution is -0.142. The van der Waals surface area contributed by atoms with E-state index in [0.717, 1.165) is 46.6 Å². The number of amides is 2. The van der Waals surface area contributed by atoms with Crippen LogP contribution in [0.5, 0.6) is 5.75 Å². The summed E-state index contributed by atoms with van der Waals surface area (Å²) in [6.45, 7) is 5.79. The van der Waals surface area contributed by atoms with Crippen molar-refractivity contribution in [2.24, 2.45) is 7.05 Å². The average molecular weight is 851 g/mol. The average Bonchev–Trinajstić information content (AvgIpc) is 3.84. The van der Waals surface area contributed by atoms with Crippen molar-refractivity contribution in [3.8, 4) is 5.75 Å². The van der Waals surface area contributed by atoms with Crippen molar-refractivity contribution in [1.29, 1.82) is 0 Å². The largest absolute Gasteiger partial charge is 0.495 e. The summed E-state index contributed by atoms with van der Waals surface area (Å²) in [6, 6.07) is 27.7. The molecule has 0 spiro atoms. The van der Waals surface area contributed by atoms with Crippen LogP contribution in [0.2, 0.25) is 0 Å². The van der Waals surface area contributed by atoms with Crippen LogP contribution < -0.4 is 20.8 Å². The molecule has 1 aliphatic heterocycles. The van der Waals surface area contributed by atoms with Crippen molar-refractivity contribution in [2.45, 2.75) is 45.2 Å². The Kier molecular flexibility index (Phi) is 12.4. The maximum absolute atomic E-state index is 13.9. The molecule has 322 valence electrons. The van der Waals surface area contributed by atoms with Crippen molar-refractivity contribution in [2.75, 3.05) is 37.5 Å². The van der Waals surface area contributed by atoms with E-state index in [1.807, 2.05) is 54.5 Å². The molecule has 15 nitrogen and oxygen atoms in total. The third kappa shape index (κ3) is 10.3. The summed E-state index contributed by atoms with van der Waals surface area (Å²) < 4.78 is 29.9. The molecule has 2 N–H and O–H groups in total. The molecule has 2 amide bonds. The van der Waals surface area contributed by atoms with Crippen molar-refractivity contribution in [3.05, 3.63) is 159 Å². The van der Waals surface area contributed by atoms with Gasteiger partial charge in [0.2, 0.25) is 0 Å². The molecule has 0 aliphatic carbocycles. The summed E-state index contributed by atoms with van der Waals surface area (Å²) in [7, 11) is 3.55. The number of carbonyl (C=O) groups is 3. The van der Waals surface area contributed by atoms with Gasteiger partial charge in [-0.1, -0.05) is 30.3 Å². The number of ether oxygens (including phenoxy) is 4. The van der Waals surface area contributed by atoms with E-state index in [4.69, 9.17) is 23.4 Å². The molecule has 15 heteroatoms. The van der Waals surface area contributed by atoms with Crippen LogP contribution in [0.25, 0.3) is 21.9 Å². The topological polar surface area (TPSA) is 176 Å². The maximum atomic E-state index is 13.9. The number of para-hydroxylation sites is 1. The van der Waals surface area contributed by atoms with Crippen molar-refractivity contribution in [1.82, 2.24) is 19.7 Å². The van der Waals surface area contributed by atoms with Crippen LogP contribution >= 0.6 is 0 Å². The maximum Gasteiger partial charge on any atom is 0.338 e. The zero-order valence-electron chi connectivity index (χ0n) is 35.3. The molecular formula is C48H46N6O9. The first-order valence-electron chi connectivity index (χ1n) is 20.4. The second kappa shape index (κ2) is 18.4. The second-order valence-electron chi connectivity index (χ2n) is 15.7. The van der Waals surface area contributed by atoms with Crippen LogP contribution in [0, 0.1) is 0 Å². The molecule has 0 saturated carbocycles. The van der Waals surface area contributed by atoms with Gasteiger partial charge in [-0.2, -0.15) is 5.10 Å². The van der Waals surface area contributed by atoms with Gasteiger partial charge in [0.25, 0.3) is 11.8 Å². The molecule has 1 saturated heterocycles. The van der Waals surface area contributed by atoms with Crippen LogP contribution in [-0.4, -0.2) is 76.2 Å². The van der Waals surface area contributed by atoms with Gasteiger partial charge < -0.3 is 34.0 Å². The molecule has 8 rings (SSSR count). The zero-order chi connectivity index (χ0) is 44.1. The highest BCUT2D eigenvalue weighted by molar-refractivity contribution is 6.13. The van der Waals surface area contributed by atoms with Gasteiger partial charge in [0.1, 0.15) is 24.0 Å². The van der Waals surface area contributed by atoms with Gasteiger partial charge in [-0.05, 0) is 97.6 Å². The number of nitrogens with one attached hydrogen (secondary N) is 2. The number of esters is 1. The first-order valence-corrected chi connectivity index (χ1v) is 20.4. The van der Waals surface area contributed by atoms with E-state index in [9.17, 15) is 19.2 Å². The first-order chi connectivity index (χ1) is 30.4. The minimum atomic E-state index is -0.796. The fourth-order valence-electron chi connectivity index (χ4n) is 7.41. The normalized spacial score (nSPS) is 14.5. The van der Waals surface area contributed by atoms with Crippen molar-refractivity contribution in [3.63, 3.8) is 0 Å². The van der Waals surface area contributed by atoms with Crippen LogP contribution in [0.1, 0.15) is 61.8 Å². The Balaban J connectivity index is 0.975. The molecule has 0 bridgehead atoms. The summed E-state index contributed by atoms with van der Waals surface area (Å²) in [6.07, 6.45) is 5.66. The number of hydrogen-bond donors (Lipinski definition) is 2. The molecule has 1 atom stereocenters. The summed E-state index contributed by atoms with van der Waals surface area (Å²) in [5, 5.41) is 11.4. The Morgan fingerprint density at radius 1 is 0.873 bits per heavy atom. The molecule has 63 heavy (non-hydrogen) atoms. The molecule has 4 heterocycles. The predicted octanol–water partition coefficient (Wildman–Crippen LogP) is 7.14. The highest BCUT2D eigenvalue weighted by Crippen LogP contribution is 2.26. The number of anilines is 2. The van der Waals surface area contributed by atoms with Gasteiger partial charge in [-0.25, -0.2) is 4.79 Å². The number of carbonyl (C=O) groups excluding carboxylic acids is 3. The summed E-state index contributed by atoms with van der Waals surface area (Å²) in [5.74, 6) is -2.43. The lowest BCUT2D eigenvalue weighted by Gasteiger charge is -2.23. The molecule has 1 aliphatic rings. The molecule has 0 radical (unpaired) electrons. The lowest BCUT2D eigenvalue weighted by atomic mass is 10.1. The Morgan fingerprint density at radius 3 is 2.46 bits per heavy atom. The van der Waals surface area contributed by atoms with Gasteiger partial charge in [0.05, 0.1) is 53.8 Å².